The molecule has 2 rings (SSSR count). The maximum absolute atomic E-state index is 12.1. The number of hydrogen-bond donors (Lipinski definition) is 3. The highest BCUT2D eigenvalue weighted by Crippen LogP contribution is 2.22. The van der Waals surface area contributed by atoms with Gasteiger partial charge < -0.3 is 25.2 Å². The summed E-state index contributed by atoms with van der Waals surface area (Å²) in [5, 5.41) is 15.1. The predicted octanol–water partition coefficient (Wildman–Crippen LogP) is 0.746. The van der Waals surface area contributed by atoms with Gasteiger partial charge >= 0.3 is 0 Å². The molecule has 1 saturated heterocycles. The topological polar surface area (TPSA) is 96.9 Å². The van der Waals surface area contributed by atoms with Gasteiger partial charge in [0.05, 0.1) is 32.3 Å². The van der Waals surface area contributed by atoms with Gasteiger partial charge in [-0.25, -0.2) is 0 Å². The molecule has 1 aliphatic heterocycles. The molecular weight excluding hydrogens is 324 g/mol. The lowest BCUT2D eigenvalue weighted by Crippen LogP contribution is -2.51. The van der Waals surface area contributed by atoms with Crippen molar-refractivity contribution < 1.29 is 24.2 Å². The van der Waals surface area contributed by atoms with E-state index in [2.05, 4.69) is 10.6 Å². The van der Waals surface area contributed by atoms with Crippen LogP contribution in [0.5, 0.6) is 5.75 Å². The molecular formula is C18H26N2O5. The summed E-state index contributed by atoms with van der Waals surface area (Å²) in [5.74, 6) is 0.487. The number of carbonyl (C=O) groups is 2. The Labute approximate surface area is 147 Å². The number of methoxy groups -OCH3 is 1. The van der Waals surface area contributed by atoms with Crippen LogP contribution in [0.2, 0.25) is 0 Å². The molecule has 3 N–H and O–H groups in total. The molecule has 0 radical (unpaired) electrons. The minimum absolute atomic E-state index is 0.109. The van der Waals surface area contributed by atoms with E-state index in [9.17, 15) is 14.7 Å². The molecule has 0 aromatic heterocycles. The summed E-state index contributed by atoms with van der Waals surface area (Å²) in [7, 11) is 1.60. The lowest BCUT2D eigenvalue weighted by atomic mass is 9.97. The summed E-state index contributed by atoms with van der Waals surface area (Å²) in [6, 6.07) is 7.30. The molecule has 3 atom stereocenters. The summed E-state index contributed by atoms with van der Waals surface area (Å²) in [4.78, 5) is 23.3. The van der Waals surface area contributed by atoms with Gasteiger partial charge in [0.1, 0.15) is 11.9 Å². The summed E-state index contributed by atoms with van der Waals surface area (Å²) in [5.41, 5.74) is 0.955. The first-order valence-corrected chi connectivity index (χ1v) is 8.45. The standard InChI is InChI=1S/C18H26N2O5/c1-12(22)20-16-7-6-15(25-17(16)11-21)9-18(23)19-10-13-4-3-5-14(8-13)24-2/h3-5,8,15-17,21H,6-7,9-11H2,1-2H3,(H,19,23)(H,20,22)/t15-,16-,17+/m1/s1. The van der Waals surface area contributed by atoms with Gasteiger partial charge in [0.2, 0.25) is 11.8 Å². The maximum Gasteiger partial charge on any atom is 0.222 e. The van der Waals surface area contributed by atoms with Crippen molar-refractivity contribution in [3.8, 4) is 5.75 Å². The molecule has 2 amide bonds. The first-order valence-electron chi connectivity index (χ1n) is 8.45. The summed E-state index contributed by atoms with van der Waals surface area (Å²) in [6.45, 7) is 1.67. The van der Waals surface area contributed by atoms with Crippen LogP contribution >= 0.6 is 0 Å². The number of amides is 2. The van der Waals surface area contributed by atoms with E-state index in [4.69, 9.17) is 9.47 Å². The van der Waals surface area contributed by atoms with Gasteiger partial charge in [0.15, 0.2) is 0 Å². The third-order valence-electron chi connectivity index (χ3n) is 4.22. The number of benzene rings is 1. The normalized spacial score (nSPS) is 22.9. The molecule has 0 saturated carbocycles. The summed E-state index contributed by atoms with van der Waals surface area (Å²) in [6.07, 6.45) is 0.834. The second-order valence-electron chi connectivity index (χ2n) is 6.20. The van der Waals surface area contributed by atoms with E-state index in [0.717, 1.165) is 11.3 Å². The number of aliphatic hydroxyl groups is 1. The zero-order chi connectivity index (χ0) is 18.2. The fourth-order valence-corrected chi connectivity index (χ4v) is 2.97. The molecule has 1 heterocycles. The number of nitrogens with one attached hydrogen (secondary N) is 2. The molecule has 0 unspecified atom stereocenters. The van der Waals surface area contributed by atoms with Gasteiger partial charge in [-0.2, -0.15) is 0 Å². The second-order valence-corrected chi connectivity index (χ2v) is 6.20. The highest BCUT2D eigenvalue weighted by molar-refractivity contribution is 5.76. The Bertz CT molecular complexity index is 593. The van der Waals surface area contributed by atoms with Crippen LogP contribution in [0.15, 0.2) is 24.3 Å². The zero-order valence-corrected chi connectivity index (χ0v) is 14.7. The van der Waals surface area contributed by atoms with Crippen LogP contribution in [0.4, 0.5) is 0 Å². The average molecular weight is 350 g/mol. The number of carbonyl (C=O) groups excluding carboxylic acids is 2. The van der Waals surface area contributed by atoms with Gasteiger partial charge in [-0.15, -0.1) is 0 Å². The van der Waals surface area contributed by atoms with Crippen molar-refractivity contribution in [2.45, 2.75) is 51.0 Å². The number of aliphatic hydroxyl groups excluding tert-OH is 1. The highest BCUT2D eigenvalue weighted by atomic mass is 16.5. The van der Waals surface area contributed by atoms with Gasteiger partial charge in [-0.1, -0.05) is 12.1 Å². The second kappa shape index (κ2) is 9.39. The molecule has 1 aliphatic rings. The first kappa shape index (κ1) is 19.2. The Hall–Kier alpha value is -2.12. The number of rotatable bonds is 7. The van der Waals surface area contributed by atoms with Crippen molar-refractivity contribution in [2.75, 3.05) is 13.7 Å². The van der Waals surface area contributed by atoms with E-state index in [0.29, 0.717) is 19.4 Å². The molecule has 1 fully saturated rings. The van der Waals surface area contributed by atoms with E-state index < -0.39 is 6.10 Å². The molecule has 7 heteroatoms. The van der Waals surface area contributed by atoms with Crippen LogP contribution in [-0.2, 0) is 20.9 Å². The van der Waals surface area contributed by atoms with E-state index in [1.165, 1.54) is 6.92 Å². The minimum atomic E-state index is -0.478. The largest absolute Gasteiger partial charge is 0.497 e. The third-order valence-corrected chi connectivity index (χ3v) is 4.22. The lowest BCUT2D eigenvalue weighted by Gasteiger charge is -2.35. The molecule has 7 nitrogen and oxygen atoms in total. The quantitative estimate of drug-likeness (QED) is 0.674. The van der Waals surface area contributed by atoms with E-state index in [1.807, 2.05) is 24.3 Å². The molecule has 25 heavy (non-hydrogen) atoms. The Morgan fingerprint density at radius 2 is 2.16 bits per heavy atom. The predicted molar refractivity (Wildman–Crippen MR) is 92.0 cm³/mol. The van der Waals surface area contributed by atoms with Crippen LogP contribution < -0.4 is 15.4 Å². The van der Waals surface area contributed by atoms with Gasteiger partial charge in [-0.3, -0.25) is 9.59 Å². The Morgan fingerprint density at radius 1 is 1.36 bits per heavy atom. The van der Waals surface area contributed by atoms with Crippen LogP contribution in [-0.4, -0.2) is 48.9 Å². The van der Waals surface area contributed by atoms with Crippen LogP contribution in [0.25, 0.3) is 0 Å². The van der Waals surface area contributed by atoms with Crippen molar-refractivity contribution in [1.82, 2.24) is 10.6 Å². The molecule has 1 aromatic rings. The van der Waals surface area contributed by atoms with Crippen molar-refractivity contribution in [3.05, 3.63) is 29.8 Å². The molecule has 0 aliphatic carbocycles. The van der Waals surface area contributed by atoms with Crippen molar-refractivity contribution >= 4 is 11.8 Å². The average Bonchev–Trinajstić information content (AvgIpc) is 2.61. The Kier molecular flexibility index (Phi) is 7.21. The van der Waals surface area contributed by atoms with Crippen LogP contribution in [0.3, 0.4) is 0 Å². The Balaban J connectivity index is 1.79. The van der Waals surface area contributed by atoms with Gasteiger partial charge in [0, 0.05) is 13.5 Å². The minimum Gasteiger partial charge on any atom is -0.497 e. The number of ether oxygens (including phenoxy) is 2. The molecule has 1 aromatic carbocycles. The first-order chi connectivity index (χ1) is 12.0. The van der Waals surface area contributed by atoms with E-state index in [-0.39, 0.29) is 37.0 Å². The van der Waals surface area contributed by atoms with Crippen molar-refractivity contribution in [1.29, 1.82) is 0 Å². The van der Waals surface area contributed by atoms with Crippen molar-refractivity contribution in [2.24, 2.45) is 0 Å². The SMILES string of the molecule is COc1cccc(CNC(=O)C[C@H]2CC[C@@H](NC(C)=O)[C@H](CO)O2)c1. The Morgan fingerprint density at radius 3 is 2.84 bits per heavy atom. The fourth-order valence-electron chi connectivity index (χ4n) is 2.97. The lowest BCUT2D eigenvalue weighted by molar-refractivity contribution is -0.135. The van der Waals surface area contributed by atoms with E-state index >= 15 is 0 Å². The van der Waals surface area contributed by atoms with Gasteiger partial charge in [-0.05, 0) is 30.5 Å². The fraction of sp³-hybridized carbons (Fsp3) is 0.556. The van der Waals surface area contributed by atoms with Crippen LogP contribution in [0, 0.1) is 0 Å². The summed E-state index contributed by atoms with van der Waals surface area (Å²) < 4.78 is 10.9. The monoisotopic (exact) mass is 350 g/mol. The van der Waals surface area contributed by atoms with E-state index in [1.54, 1.807) is 7.11 Å². The van der Waals surface area contributed by atoms with Gasteiger partial charge in [0.25, 0.3) is 0 Å². The maximum atomic E-state index is 12.1. The molecule has 0 spiro atoms. The highest BCUT2D eigenvalue weighted by Gasteiger charge is 2.32. The van der Waals surface area contributed by atoms with Crippen molar-refractivity contribution in [3.63, 3.8) is 0 Å². The summed E-state index contributed by atoms with van der Waals surface area (Å²) >= 11 is 0. The molecule has 0 bridgehead atoms. The smallest absolute Gasteiger partial charge is 0.222 e. The third kappa shape index (κ3) is 6.03. The number of hydrogen-bond acceptors (Lipinski definition) is 5. The zero-order valence-electron chi connectivity index (χ0n) is 14.7. The van der Waals surface area contributed by atoms with Crippen LogP contribution in [0.1, 0.15) is 31.7 Å². The molecule has 138 valence electrons.